The number of benzene rings is 5. The summed E-state index contributed by atoms with van der Waals surface area (Å²) < 4.78 is 15.0. The second-order valence-electron chi connectivity index (χ2n) is 24.9. The zero-order chi connectivity index (χ0) is 71.2. The molecule has 528 valence electrons. The molecule has 9 rings (SSSR count). The number of aromatic nitrogens is 3. The topological polar surface area (TPSA) is 412 Å². The Morgan fingerprint density at radius 1 is 0.650 bits per heavy atom. The number of fused-ring (bicyclic) bond motifs is 5. The van der Waals surface area contributed by atoms with Gasteiger partial charge in [0.15, 0.2) is 5.78 Å². The molecule has 2 aliphatic heterocycles. The number of unbranched alkanes of at least 4 members (excludes halogenated alkanes) is 1. The number of H-pyrrole nitrogens is 2. The van der Waals surface area contributed by atoms with Crippen LogP contribution in [0.5, 0.6) is 5.75 Å². The van der Waals surface area contributed by atoms with Gasteiger partial charge in [0, 0.05) is 97.1 Å². The molecule has 100 heavy (non-hydrogen) atoms. The summed E-state index contributed by atoms with van der Waals surface area (Å²) in [5.74, 6) is -9.76. The normalized spacial score (nSPS) is 22.1. The summed E-state index contributed by atoms with van der Waals surface area (Å²) in [6, 6.07) is 19.6. The number of carbonyl (C=O) groups excluding carboxylic acids is 10. The largest absolute Gasteiger partial charge is 0.508 e. The molecule has 9 amide bonds. The minimum atomic E-state index is -2.00. The van der Waals surface area contributed by atoms with Gasteiger partial charge in [-0.15, -0.1) is 0 Å². The van der Waals surface area contributed by atoms with Crippen LogP contribution in [0.2, 0.25) is 0 Å². The Morgan fingerprint density at radius 3 is 2.03 bits per heavy atom. The molecular weight excluding hydrogens is 1330 g/mol. The van der Waals surface area contributed by atoms with E-state index in [-0.39, 0.29) is 74.3 Å². The third kappa shape index (κ3) is 21.2. The zero-order valence-electron chi connectivity index (χ0n) is 54.8. The first-order valence-corrected chi connectivity index (χ1v) is 35.3. The fraction of sp³-hybridized carbons (Fsp3) is 0.380. The summed E-state index contributed by atoms with van der Waals surface area (Å²) in [6.45, 7) is -0.266. The highest BCUT2D eigenvalue weighted by Gasteiger charge is 2.41. The number of imidazole rings is 1. The van der Waals surface area contributed by atoms with E-state index in [1.54, 1.807) is 18.2 Å². The number of nitrogens with two attached hydrogens (primary N) is 2. The smallest absolute Gasteiger partial charge is 0.305 e. The lowest BCUT2D eigenvalue weighted by molar-refractivity contribution is -0.142. The van der Waals surface area contributed by atoms with Gasteiger partial charge in [0.05, 0.1) is 31.3 Å². The predicted octanol–water partition coefficient (Wildman–Crippen LogP) is 3.41. The number of nitrogens with one attached hydrogen (secondary N) is 9. The number of hydrogen-bond donors (Lipinski definition) is 13. The van der Waals surface area contributed by atoms with Crippen LogP contribution in [-0.2, 0) is 89.9 Å². The van der Waals surface area contributed by atoms with Gasteiger partial charge in [-0.3, -0.25) is 52.7 Å². The van der Waals surface area contributed by atoms with Crippen molar-refractivity contribution >= 4 is 110 Å². The minimum Gasteiger partial charge on any atom is -0.508 e. The number of halogens is 1. The first-order chi connectivity index (χ1) is 48.2. The van der Waals surface area contributed by atoms with E-state index < -0.39 is 138 Å². The molecule has 5 aromatic carbocycles. The minimum absolute atomic E-state index is 0.0417. The van der Waals surface area contributed by atoms with E-state index in [2.05, 4.69) is 52.2 Å². The third-order valence-electron chi connectivity index (χ3n) is 17.5. The lowest BCUT2D eigenvalue weighted by Crippen LogP contribution is -2.61. The van der Waals surface area contributed by atoms with Crippen molar-refractivity contribution in [3.63, 3.8) is 0 Å². The van der Waals surface area contributed by atoms with Gasteiger partial charge in [-0.2, -0.15) is 23.5 Å². The van der Waals surface area contributed by atoms with Crippen LogP contribution in [0.1, 0.15) is 84.9 Å². The highest BCUT2D eigenvalue weighted by molar-refractivity contribution is 7.98. The van der Waals surface area contributed by atoms with Gasteiger partial charge in [-0.1, -0.05) is 78.9 Å². The Balaban J connectivity index is 1.05. The quantitative estimate of drug-likeness (QED) is 0.0654. The van der Waals surface area contributed by atoms with Crippen LogP contribution in [0, 0.1) is 11.7 Å². The first kappa shape index (κ1) is 74.1. The lowest BCUT2D eigenvalue weighted by Gasteiger charge is -2.30. The van der Waals surface area contributed by atoms with Gasteiger partial charge < -0.3 is 73.8 Å². The molecule has 26 nitrogen and oxygen atoms in total. The number of thioether (sulfide) groups is 2. The fourth-order valence-corrected chi connectivity index (χ4v) is 14.2. The van der Waals surface area contributed by atoms with Gasteiger partial charge in [0.25, 0.3) is 0 Å². The number of carboxylic acid groups (broad SMARTS) is 1. The number of hydrogen-bond acceptors (Lipinski definition) is 16. The van der Waals surface area contributed by atoms with Crippen molar-refractivity contribution in [2.24, 2.45) is 17.4 Å². The van der Waals surface area contributed by atoms with E-state index in [1.165, 1.54) is 89.6 Å². The number of primary amides is 1. The molecule has 8 atom stereocenters. The zero-order valence-corrected chi connectivity index (χ0v) is 56.4. The summed E-state index contributed by atoms with van der Waals surface area (Å²) in [6.07, 6.45) is 3.43. The molecule has 29 heteroatoms. The van der Waals surface area contributed by atoms with Crippen LogP contribution in [0.4, 0.5) is 4.39 Å². The average Bonchev–Trinajstić information content (AvgIpc) is 1.55. The highest BCUT2D eigenvalue weighted by atomic mass is 32.2. The molecule has 0 spiro atoms. The molecule has 2 bridgehead atoms. The Hall–Kier alpha value is -10.1. The first-order valence-electron chi connectivity index (χ1n) is 33.0. The van der Waals surface area contributed by atoms with Crippen molar-refractivity contribution in [1.29, 1.82) is 0 Å². The van der Waals surface area contributed by atoms with Crippen molar-refractivity contribution in [3.8, 4) is 5.75 Å². The number of aromatic hydroxyl groups is 1. The number of ketones is 1. The van der Waals surface area contributed by atoms with Gasteiger partial charge in [0.2, 0.25) is 53.2 Å². The summed E-state index contributed by atoms with van der Waals surface area (Å²) in [4.78, 5) is 168. The molecule has 1 fully saturated rings. The number of carbonyl (C=O) groups is 11. The van der Waals surface area contributed by atoms with Gasteiger partial charge in [0.1, 0.15) is 47.8 Å². The van der Waals surface area contributed by atoms with Gasteiger partial charge >= 0.3 is 5.97 Å². The number of phenols is 1. The monoisotopic (exact) mass is 1410 g/mol. The number of rotatable bonds is 15. The van der Waals surface area contributed by atoms with Crippen LogP contribution in [0.15, 0.2) is 128 Å². The maximum absolute atomic E-state index is 15.1. The molecule has 1 saturated heterocycles. The van der Waals surface area contributed by atoms with E-state index in [0.717, 1.165) is 16.5 Å². The number of aliphatic carboxylic acids is 1. The average molecular weight is 1410 g/mol. The Bertz CT molecular complexity index is 4080. The van der Waals surface area contributed by atoms with Gasteiger partial charge in [-0.25, -0.2) is 9.37 Å². The van der Waals surface area contributed by atoms with Crippen LogP contribution >= 0.6 is 23.5 Å². The Morgan fingerprint density at radius 2 is 1.31 bits per heavy atom. The number of aromatic amines is 2. The molecule has 4 heterocycles. The molecule has 0 saturated carbocycles. The second-order valence-corrected chi connectivity index (χ2v) is 27.0. The number of nitrogens with zero attached hydrogens (tertiary/aromatic N) is 2. The number of carboxylic acids is 1. The Labute approximate surface area is 584 Å². The van der Waals surface area contributed by atoms with E-state index >= 15 is 14.4 Å². The summed E-state index contributed by atoms with van der Waals surface area (Å²) in [5, 5.41) is 40.9. The summed E-state index contributed by atoms with van der Waals surface area (Å²) >= 11 is 2.89. The highest BCUT2D eigenvalue weighted by Crippen LogP contribution is 2.28. The molecule has 2 aromatic heterocycles. The maximum Gasteiger partial charge on any atom is 0.305 e. The maximum atomic E-state index is 15.1. The van der Waals surface area contributed by atoms with Crippen LogP contribution < -0.4 is 48.7 Å². The molecular formula is C71H82FN13O13S2. The molecule has 2 aliphatic rings. The lowest BCUT2D eigenvalue weighted by atomic mass is 9.97. The summed E-state index contributed by atoms with van der Waals surface area (Å²) in [5.41, 5.74) is 15.7. The molecule has 7 aromatic rings. The second kappa shape index (κ2) is 36.1. The third-order valence-corrected chi connectivity index (χ3v) is 19.7. The number of amides is 9. The number of Topliss-reactive ketones (excluding diaryl/α,β-unsaturated/α-hetero) is 1. The standard InChI is InChI=1S/C71H82FN13O13S2/c72-48-18-21-53-52(31-48)46(34-76-53)29-56-68(95)83-58(33-64(90)91)70(97)82-57(32-49-35-75-40-78-49)69(96)84-59(27-41-16-19-50(86)20-17-41)71(98)85-24-7-15-60(85)61(87)30-47(65(74)92)39-100-38-43-9-5-8-42(26-43)37-99-25-22-62(88)79-54(14-3-4-23-73)66(93)77-36-63(89)80-55(67(94)81-56)28-45-12-6-11-44-10-1-2-13-51(44)45/h1-2,5-6,8-13,16-21,26,31,34-35,40,47,54-60,76,86H,3-4,7,14-15,22-25,27-30,32-33,36-39,73H2,(H2,74,92)(H,75,78)(H,77,93)(H,79,88)(H,80,89)(H,81,94)(H,82,97)(H,83,95)(H,84,96)(H,90,91)/t47-,54-,55-,56-,57-,58-,59-,60-/m0/s1. The van der Waals surface area contributed by atoms with E-state index in [9.17, 15) is 53.0 Å². The van der Waals surface area contributed by atoms with Crippen LogP contribution in [-0.4, -0.2) is 168 Å². The van der Waals surface area contributed by atoms with Crippen LogP contribution in [0.25, 0.3) is 21.7 Å². The van der Waals surface area contributed by atoms with Crippen LogP contribution in [0.3, 0.4) is 0 Å². The SMILES string of the molecule is NCCCC[C@@H]1NC(=O)CCSCc2cccc(c2)CSC[C@@H](C(N)=O)CC(=O)[C@@H]2CCCN2C(=O)[C@H](Cc2ccc(O)cc2)NC(=O)[C@H](Cc2cnc[nH]2)NC(=O)[C@H](CC(=O)O)NC(=O)[C@H](Cc2c[nH]c3ccc(F)cc23)NC(=O)[C@H](Cc2cccc3ccccc23)NC(=O)CNC1=O. The van der Waals surface area contributed by atoms with Gasteiger partial charge in [-0.05, 0) is 108 Å². The predicted molar refractivity (Wildman–Crippen MR) is 374 cm³/mol. The number of phenolic OH excluding ortho intramolecular Hbond substituents is 1. The van der Waals surface area contributed by atoms with E-state index in [1.807, 2.05) is 48.5 Å². The van der Waals surface area contributed by atoms with Crippen molar-refractivity contribution in [2.45, 2.75) is 131 Å². The summed E-state index contributed by atoms with van der Waals surface area (Å²) in [7, 11) is 0. The van der Waals surface area contributed by atoms with Crippen molar-refractivity contribution < 1.29 is 67.3 Å². The van der Waals surface area contributed by atoms with E-state index in [0.29, 0.717) is 70.5 Å². The Kier molecular flexibility index (Phi) is 26.7. The van der Waals surface area contributed by atoms with Crippen molar-refractivity contribution in [2.75, 3.05) is 31.1 Å². The van der Waals surface area contributed by atoms with Crippen molar-refractivity contribution in [1.82, 2.24) is 57.1 Å². The molecule has 0 aliphatic carbocycles. The molecule has 15 N–H and O–H groups in total. The fourth-order valence-electron chi connectivity index (χ4n) is 12.2. The van der Waals surface area contributed by atoms with Crippen molar-refractivity contribution in [3.05, 3.63) is 167 Å². The molecule has 0 unspecified atom stereocenters. The van der Waals surface area contributed by atoms with E-state index in [4.69, 9.17) is 11.5 Å². The molecule has 0 radical (unpaired) electrons.